The first kappa shape index (κ1) is 16.2. The van der Waals surface area contributed by atoms with Crippen LogP contribution in [-0.4, -0.2) is 67.7 Å². The van der Waals surface area contributed by atoms with E-state index in [1.54, 1.807) is 12.1 Å². The number of halogens is 1. The molecule has 1 aromatic rings. The molecule has 1 unspecified atom stereocenters. The van der Waals surface area contributed by atoms with Gasteiger partial charge in [0.25, 0.3) is 0 Å². The predicted octanol–water partition coefficient (Wildman–Crippen LogP) is 1.53. The second-order valence-corrected chi connectivity index (χ2v) is 6.28. The minimum atomic E-state index is -0.287. The average molecular weight is 322 g/mol. The van der Waals surface area contributed by atoms with Gasteiger partial charge in [-0.15, -0.1) is 0 Å². The Morgan fingerprint density at radius 3 is 2.65 bits per heavy atom. The zero-order valence-electron chi connectivity index (χ0n) is 13.4. The number of amides is 1. The van der Waals surface area contributed by atoms with Crippen molar-refractivity contribution in [3.05, 3.63) is 30.1 Å². The van der Waals surface area contributed by atoms with Crippen LogP contribution in [0.5, 0.6) is 5.75 Å². The van der Waals surface area contributed by atoms with Crippen molar-refractivity contribution in [2.45, 2.75) is 25.0 Å². The van der Waals surface area contributed by atoms with Crippen LogP contribution in [0.15, 0.2) is 24.3 Å². The molecule has 1 aromatic carbocycles. The molecule has 2 fully saturated rings. The molecule has 23 heavy (non-hydrogen) atoms. The quantitative estimate of drug-likeness (QED) is 0.843. The van der Waals surface area contributed by atoms with E-state index in [0.29, 0.717) is 24.9 Å². The molecule has 2 aliphatic heterocycles. The highest BCUT2D eigenvalue weighted by Crippen LogP contribution is 2.20. The summed E-state index contributed by atoms with van der Waals surface area (Å²) >= 11 is 0. The van der Waals surface area contributed by atoms with Crippen molar-refractivity contribution in [2.75, 3.05) is 39.9 Å². The van der Waals surface area contributed by atoms with E-state index in [4.69, 9.17) is 9.47 Å². The van der Waals surface area contributed by atoms with Gasteiger partial charge in [0.15, 0.2) is 0 Å². The largest absolute Gasteiger partial charge is 0.491 e. The van der Waals surface area contributed by atoms with Crippen LogP contribution in [0.3, 0.4) is 0 Å². The van der Waals surface area contributed by atoms with Crippen LogP contribution < -0.4 is 4.74 Å². The minimum absolute atomic E-state index is 0.0672. The Morgan fingerprint density at radius 1 is 1.26 bits per heavy atom. The number of hydrogen-bond donors (Lipinski definition) is 0. The average Bonchev–Trinajstić information content (AvgIpc) is 2.56. The van der Waals surface area contributed by atoms with E-state index in [1.807, 2.05) is 4.90 Å². The molecule has 0 bridgehead atoms. The molecule has 0 aromatic heterocycles. The first-order chi connectivity index (χ1) is 11.1. The molecule has 0 aliphatic carbocycles. The van der Waals surface area contributed by atoms with Gasteiger partial charge in [-0.25, -0.2) is 4.39 Å². The summed E-state index contributed by atoms with van der Waals surface area (Å²) in [5, 5.41) is 0. The molecule has 126 valence electrons. The zero-order valence-corrected chi connectivity index (χ0v) is 13.4. The second-order valence-electron chi connectivity index (χ2n) is 6.28. The van der Waals surface area contributed by atoms with Crippen LogP contribution in [0.4, 0.5) is 4.39 Å². The summed E-state index contributed by atoms with van der Waals surface area (Å²) in [7, 11) is 2.11. The summed E-state index contributed by atoms with van der Waals surface area (Å²) in [4.78, 5) is 16.4. The zero-order chi connectivity index (χ0) is 16.2. The minimum Gasteiger partial charge on any atom is -0.491 e. The maximum atomic E-state index is 12.9. The lowest BCUT2D eigenvalue weighted by atomic mass is 10.0. The van der Waals surface area contributed by atoms with Crippen LogP contribution in [0.25, 0.3) is 0 Å². The number of rotatable bonds is 4. The Labute approximate surface area is 136 Å². The Kier molecular flexibility index (Phi) is 5.13. The third-order valence-electron chi connectivity index (χ3n) is 4.54. The Balaban J connectivity index is 1.53. The van der Waals surface area contributed by atoms with Crippen molar-refractivity contribution in [2.24, 2.45) is 0 Å². The molecule has 6 heteroatoms. The highest BCUT2D eigenvalue weighted by molar-refractivity contribution is 5.78. The molecule has 1 amide bonds. The molecular weight excluding hydrogens is 299 g/mol. The summed E-state index contributed by atoms with van der Waals surface area (Å²) in [5.41, 5.74) is 0. The highest BCUT2D eigenvalue weighted by atomic mass is 19.1. The van der Waals surface area contributed by atoms with Crippen molar-refractivity contribution in [3.8, 4) is 5.75 Å². The molecule has 3 rings (SSSR count). The topological polar surface area (TPSA) is 42.0 Å². The van der Waals surface area contributed by atoms with E-state index in [0.717, 1.165) is 25.9 Å². The number of hydrogen-bond acceptors (Lipinski definition) is 4. The predicted molar refractivity (Wildman–Crippen MR) is 83.9 cm³/mol. The SMILES string of the molecule is CN1CCC(N2CC(COc3ccc(F)cc3)OCC2=O)CC1. The van der Waals surface area contributed by atoms with E-state index in [2.05, 4.69) is 11.9 Å². The summed E-state index contributed by atoms with van der Waals surface area (Å²) in [6.07, 6.45) is 1.87. The van der Waals surface area contributed by atoms with Crippen molar-refractivity contribution < 1.29 is 18.7 Å². The third-order valence-corrected chi connectivity index (χ3v) is 4.54. The molecule has 0 spiro atoms. The molecule has 2 saturated heterocycles. The Bertz CT molecular complexity index is 529. The van der Waals surface area contributed by atoms with E-state index < -0.39 is 0 Å². The normalized spacial score (nSPS) is 24.0. The van der Waals surface area contributed by atoms with Crippen molar-refractivity contribution in [3.63, 3.8) is 0 Å². The first-order valence-electron chi connectivity index (χ1n) is 8.10. The second kappa shape index (κ2) is 7.27. The van der Waals surface area contributed by atoms with Gasteiger partial charge >= 0.3 is 0 Å². The van der Waals surface area contributed by atoms with Crippen LogP contribution in [0.2, 0.25) is 0 Å². The van der Waals surface area contributed by atoms with E-state index >= 15 is 0 Å². The van der Waals surface area contributed by atoms with Crippen LogP contribution in [-0.2, 0) is 9.53 Å². The number of carbonyl (C=O) groups is 1. The molecule has 2 heterocycles. The molecular formula is C17H23FN2O3. The van der Waals surface area contributed by atoms with Crippen LogP contribution in [0, 0.1) is 5.82 Å². The summed E-state index contributed by atoms with van der Waals surface area (Å²) in [6, 6.07) is 6.23. The number of likely N-dealkylation sites (tertiary alicyclic amines) is 1. The van der Waals surface area contributed by atoms with E-state index in [-0.39, 0.29) is 24.4 Å². The van der Waals surface area contributed by atoms with E-state index in [9.17, 15) is 9.18 Å². The number of nitrogens with zero attached hydrogens (tertiary/aromatic N) is 2. The number of benzene rings is 1. The lowest BCUT2D eigenvalue weighted by Crippen LogP contribution is -2.55. The van der Waals surface area contributed by atoms with Gasteiger partial charge in [0.2, 0.25) is 5.91 Å². The molecule has 0 N–H and O–H groups in total. The van der Waals surface area contributed by atoms with Gasteiger partial charge in [0.1, 0.15) is 30.9 Å². The van der Waals surface area contributed by atoms with E-state index in [1.165, 1.54) is 12.1 Å². The van der Waals surface area contributed by atoms with Crippen LogP contribution >= 0.6 is 0 Å². The molecule has 5 nitrogen and oxygen atoms in total. The molecule has 0 saturated carbocycles. The monoisotopic (exact) mass is 322 g/mol. The molecule has 2 aliphatic rings. The lowest BCUT2D eigenvalue weighted by molar-refractivity contribution is -0.155. The number of carbonyl (C=O) groups excluding carboxylic acids is 1. The van der Waals surface area contributed by atoms with Gasteiger partial charge in [0.05, 0.1) is 6.54 Å². The maximum absolute atomic E-state index is 12.9. The third kappa shape index (κ3) is 4.20. The fourth-order valence-electron chi connectivity index (χ4n) is 3.13. The van der Waals surface area contributed by atoms with Crippen molar-refractivity contribution >= 4 is 5.91 Å². The summed E-state index contributed by atoms with van der Waals surface area (Å²) in [5.74, 6) is 0.389. The summed E-state index contributed by atoms with van der Waals surface area (Å²) < 4.78 is 24.1. The Morgan fingerprint density at radius 2 is 1.96 bits per heavy atom. The van der Waals surface area contributed by atoms with Crippen molar-refractivity contribution in [1.82, 2.24) is 9.80 Å². The van der Waals surface area contributed by atoms with Gasteiger partial charge < -0.3 is 19.3 Å². The van der Waals surface area contributed by atoms with Gasteiger partial charge in [-0.2, -0.15) is 0 Å². The summed E-state index contributed by atoms with van der Waals surface area (Å²) in [6.45, 7) is 3.08. The van der Waals surface area contributed by atoms with Crippen molar-refractivity contribution in [1.29, 1.82) is 0 Å². The van der Waals surface area contributed by atoms with Gasteiger partial charge in [0, 0.05) is 6.04 Å². The number of piperidine rings is 1. The first-order valence-corrected chi connectivity index (χ1v) is 8.10. The van der Waals surface area contributed by atoms with Gasteiger partial charge in [-0.3, -0.25) is 4.79 Å². The smallest absolute Gasteiger partial charge is 0.248 e. The Hall–Kier alpha value is -1.66. The van der Waals surface area contributed by atoms with Crippen LogP contribution in [0.1, 0.15) is 12.8 Å². The fourth-order valence-corrected chi connectivity index (χ4v) is 3.13. The fraction of sp³-hybridized carbons (Fsp3) is 0.588. The molecule has 1 atom stereocenters. The maximum Gasteiger partial charge on any atom is 0.248 e. The van der Waals surface area contributed by atoms with Gasteiger partial charge in [-0.05, 0) is 57.2 Å². The standard InChI is InChI=1S/C17H23FN2O3/c1-19-8-6-14(7-9-19)20-10-16(23-12-17(20)21)11-22-15-4-2-13(18)3-5-15/h2-5,14,16H,6-12H2,1H3. The molecule has 0 radical (unpaired) electrons. The lowest BCUT2D eigenvalue weighted by Gasteiger charge is -2.41. The number of morpholine rings is 1. The number of ether oxygens (including phenoxy) is 2. The highest BCUT2D eigenvalue weighted by Gasteiger charge is 2.33. The van der Waals surface area contributed by atoms with Gasteiger partial charge in [-0.1, -0.05) is 0 Å².